The summed E-state index contributed by atoms with van der Waals surface area (Å²) in [6.45, 7) is 7.00. The van der Waals surface area contributed by atoms with Crippen molar-refractivity contribution in [1.82, 2.24) is 4.90 Å². The summed E-state index contributed by atoms with van der Waals surface area (Å²) in [5.41, 5.74) is 6.69. The minimum Gasteiger partial charge on any atom is -0.492 e. The van der Waals surface area contributed by atoms with Crippen LogP contribution in [0.3, 0.4) is 0 Å². The summed E-state index contributed by atoms with van der Waals surface area (Å²) in [7, 11) is 1.72. The Bertz CT molecular complexity index is 331. The Morgan fingerprint density at radius 3 is 2.67 bits per heavy atom. The molecule has 0 unspecified atom stereocenters. The third-order valence-corrected chi connectivity index (χ3v) is 2.87. The van der Waals surface area contributed by atoms with Crippen molar-refractivity contribution in [3.63, 3.8) is 0 Å². The number of hydrogen-bond acceptors (Lipinski definition) is 4. The molecule has 0 aliphatic heterocycles. The molecular weight excluding hydrogens is 228 g/mol. The van der Waals surface area contributed by atoms with E-state index in [2.05, 4.69) is 11.8 Å². The molecule has 0 aliphatic carbocycles. The molecule has 0 heterocycles. The van der Waals surface area contributed by atoms with Gasteiger partial charge >= 0.3 is 0 Å². The average Bonchev–Trinajstić information content (AvgIpc) is 2.43. The predicted octanol–water partition coefficient (Wildman–Crippen LogP) is 1.49. The van der Waals surface area contributed by atoms with Crippen LogP contribution in [0.25, 0.3) is 0 Å². The second kappa shape index (κ2) is 8.91. The van der Waals surface area contributed by atoms with Gasteiger partial charge in [0.15, 0.2) is 0 Å². The van der Waals surface area contributed by atoms with Crippen LogP contribution in [0, 0.1) is 0 Å². The van der Waals surface area contributed by atoms with Gasteiger partial charge in [0.05, 0.1) is 6.61 Å². The lowest BCUT2D eigenvalue weighted by molar-refractivity contribution is 0.138. The van der Waals surface area contributed by atoms with E-state index in [1.165, 1.54) is 0 Å². The summed E-state index contributed by atoms with van der Waals surface area (Å²) >= 11 is 0. The van der Waals surface area contributed by atoms with Gasteiger partial charge in [-0.2, -0.15) is 0 Å². The van der Waals surface area contributed by atoms with E-state index in [1.54, 1.807) is 7.11 Å². The van der Waals surface area contributed by atoms with Gasteiger partial charge < -0.3 is 15.2 Å². The first kappa shape index (κ1) is 15.0. The first-order valence-electron chi connectivity index (χ1n) is 6.43. The monoisotopic (exact) mass is 252 g/mol. The first-order chi connectivity index (χ1) is 8.80. The number of rotatable bonds is 9. The lowest BCUT2D eigenvalue weighted by Gasteiger charge is -2.19. The number of methoxy groups -OCH3 is 1. The third-order valence-electron chi connectivity index (χ3n) is 2.87. The van der Waals surface area contributed by atoms with E-state index >= 15 is 0 Å². The van der Waals surface area contributed by atoms with Crippen molar-refractivity contribution in [2.24, 2.45) is 5.73 Å². The van der Waals surface area contributed by atoms with Crippen LogP contribution in [-0.4, -0.2) is 44.9 Å². The molecule has 18 heavy (non-hydrogen) atoms. The Labute approximate surface area is 110 Å². The summed E-state index contributed by atoms with van der Waals surface area (Å²) in [6.07, 6.45) is 0. The number of benzene rings is 1. The van der Waals surface area contributed by atoms with Gasteiger partial charge in [0.1, 0.15) is 12.4 Å². The molecule has 0 aromatic heterocycles. The molecule has 0 spiro atoms. The fourth-order valence-corrected chi connectivity index (χ4v) is 1.70. The van der Waals surface area contributed by atoms with Crippen molar-refractivity contribution >= 4 is 0 Å². The lowest BCUT2D eigenvalue weighted by atomic mass is 10.2. The number of likely N-dealkylation sites (N-methyl/N-ethyl adjacent to an activating group) is 1. The highest BCUT2D eigenvalue weighted by atomic mass is 16.5. The van der Waals surface area contributed by atoms with E-state index < -0.39 is 0 Å². The Hall–Kier alpha value is -1.10. The zero-order valence-corrected chi connectivity index (χ0v) is 11.4. The maximum Gasteiger partial charge on any atom is 0.119 e. The summed E-state index contributed by atoms with van der Waals surface area (Å²) in [6, 6.07) is 7.93. The molecule has 0 saturated heterocycles. The third kappa shape index (κ3) is 5.49. The zero-order chi connectivity index (χ0) is 13.2. The molecule has 1 aromatic carbocycles. The highest BCUT2D eigenvalue weighted by molar-refractivity contribution is 5.28. The van der Waals surface area contributed by atoms with Crippen LogP contribution < -0.4 is 10.5 Å². The Morgan fingerprint density at radius 2 is 2.00 bits per heavy atom. The van der Waals surface area contributed by atoms with Crippen LogP contribution in [-0.2, 0) is 11.3 Å². The molecule has 0 bridgehead atoms. The smallest absolute Gasteiger partial charge is 0.119 e. The largest absolute Gasteiger partial charge is 0.492 e. The minimum atomic E-state index is 0.548. The topological polar surface area (TPSA) is 47.7 Å². The van der Waals surface area contributed by atoms with Crippen molar-refractivity contribution in [1.29, 1.82) is 0 Å². The number of ether oxygens (including phenoxy) is 2. The quantitative estimate of drug-likeness (QED) is 0.723. The van der Waals surface area contributed by atoms with Crippen molar-refractivity contribution in [3.05, 3.63) is 29.8 Å². The number of hydrogen-bond donors (Lipinski definition) is 1. The van der Waals surface area contributed by atoms with Gasteiger partial charge in [-0.1, -0.05) is 19.1 Å². The molecule has 4 heteroatoms. The highest BCUT2D eigenvalue weighted by Crippen LogP contribution is 2.12. The summed E-state index contributed by atoms with van der Waals surface area (Å²) < 4.78 is 10.8. The summed E-state index contributed by atoms with van der Waals surface area (Å²) in [5, 5.41) is 0. The van der Waals surface area contributed by atoms with E-state index in [0.29, 0.717) is 13.2 Å². The molecule has 0 radical (unpaired) electrons. The minimum absolute atomic E-state index is 0.548. The predicted molar refractivity (Wildman–Crippen MR) is 73.8 cm³/mol. The number of nitrogens with zero attached hydrogens (tertiary/aromatic N) is 1. The van der Waals surface area contributed by atoms with E-state index in [4.69, 9.17) is 15.2 Å². The van der Waals surface area contributed by atoms with Gasteiger partial charge in [0.2, 0.25) is 0 Å². The molecular formula is C14H24N2O2. The summed E-state index contributed by atoms with van der Waals surface area (Å²) in [5.74, 6) is 0.890. The van der Waals surface area contributed by atoms with Crippen LogP contribution >= 0.6 is 0 Å². The normalized spacial score (nSPS) is 10.9. The second-order valence-corrected chi connectivity index (χ2v) is 4.13. The van der Waals surface area contributed by atoms with Gasteiger partial charge in [-0.3, -0.25) is 4.90 Å². The molecule has 4 nitrogen and oxygen atoms in total. The number of nitrogens with two attached hydrogens (primary N) is 1. The fourth-order valence-electron chi connectivity index (χ4n) is 1.70. The van der Waals surface area contributed by atoms with Gasteiger partial charge in [0, 0.05) is 26.7 Å². The average molecular weight is 252 g/mol. The van der Waals surface area contributed by atoms with E-state index in [-0.39, 0.29) is 0 Å². The van der Waals surface area contributed by atoms with Gasteiger partial charge in [-0.25, -0.2) is 0 Å². The van der Waals surface area contributed by atoms with Gasteiger partial charge in [-0.05, 0) is 24.2 Å². The molecule has 1 aromatic rings. The lowest BCUT2D eigenvalue weighted by Crippen LogP contribution is -2.31. The SMILES string of the molecule is CCN(CCOC)CCOc1cccc(CN)c1. The Morgan fingerprint density at radius 1 is 1.22 bits per heavy atom. The van der Waals surface area contributed by atoms with E-state index in [1.807, 2.05) is 24.3 Å². The molecule has 102 valence electrons. The molecule has 0 aliphatic rings. The van der Waals surface area contributed by atoms with Crippen LogP contribution in [0.4, 0.5) is 0 Å². The van der Waals surface area contributed by atoms with Crippen molar-refractivity contribution < 1.29 is 9.47 Å². The first-order valence-corrected chi connectivity index (χ1v) is 6.43. The summed E-state index contributed by atoms with van der Waals surface area (Å²) in [4.78, 5) is 2.30. The standard InChI is InChI=1S/C14H24N2O2/c1-3-16(7-9-17-2)8-10-18-14-6-4-5-13(11-14)12-15/h4-6,11H,3,7-10,12,15H2,1-2H3. The zero-order valence-electron chi connectivity index (χ0n) is 11.4. The van der Waals surface area contributed by atoms with Crippen molar-refractivity contribution in [2.75, 3.05) is 40.0 Å². The van der Waals surface area contributed by atoms with Crippen LogP contribution in [0.2, 0.25) is 0 Å². The molecule has 0 saturated carbocycles. The van der Waals surface area contributed by atoms with Crippen molar-refractivity contribution in [3.8, 4) is 5.75 Å². The van der Waals surface area contributed by atoms with E-state index in [0.717, 1.165) is 37.6 Å². The molecule has 0 fully saturated rings. The van der Waals surface area contributed by atoms with E-state index in [9.17, 15) is 0 Å². The molecule has 0 atom stereocenters. The van der Waals surface area contributed by atoms with Crippen LogP contribution in [0.5, 0.6) is 5.75 Å². The Balaban J connectivity index is 2.30. The van der Waals surface area contributed by atoms with Gasteiger partial charge in [0.25, 0.3) is 0 Å². The second-order valence-electron chi connectivity index (χ2n) is 4.13. The molecule has 0 amide bonds. The maximum absolute atomic E-state index is 5.72. The molecule has 2 N–H and O–H groups in total. The van der Waals surface area contributed by atoms with Crippen LogP contribution in [0.1, 0.15) is 12.5 Å². The van der Waals surface area contributed by atoms with Crippen molar-refractivity contribution in [2.45, 2.75) is 13.5 Å². The van der Waals surface area contributed by atoms with Gasteiger partial charge in [-0.15, -0.1) is 0 Å². The molecule has 1 rings (SSSR count). The maximum atomic E-state index is 5.72. The Kier molecular flexibility index (Phi) is 7.41. The highest BCUT2D eigenvalue weighted by Gasteiger charge is 2.02. The fraction of sp³-hybridized carbons (Fsp3) is 0.571. The van der Waals surface area contributed by atoms with Crippen LogP contribution in [0.15, 0.2) is 24.3 Å².